The van der Waals surface area contributed by atoms with Gasteiger partial charge in [0, 0.05) is 0 Å². The van der Waals surface area contributed by atoms with Gasteiger partial charge < -0.3 is 0 Å². The van der Waals surface area contributed by atoms with Crippen LogP contribution in [0, 0.1) is 11.8 Å². The Balaban J connectivity index is 1.72. The standard InChI is InChI=1S/C16H21O4.3CH3.Sn/c1-10(2)20-16-11(3)13(8-17-16)6-12-4-5-14-15(7-12)19-9-18-14;;;;/h4-5,7,10-11,13,16H,3,6,8-9H2,1-2H3;3*1H3;/t11-,13+,16+;;;;/m1..../s1. The average molecular weight is 441 g/mol. The number of hydrogen-bond acceptors (Lipinski definition) is 4. The first kappa shape index (κ1) is 18.3. The molecule has 3 atom stereocenters. The van der Waals surface area contributed by atoms with Gasteiger partial charge in [0.15, 0.2) is 0 Å². The van der Waals surface area contributed by atoms with Crippen molar-refractivity contribution in [3.8, 4) is 11.5 Å². The first-order valence-corrected chi connectivity index (χ1v) is 19.6. The summed E-state index contributed by atoms with van der Waals surface area (Å²) >= 11 is -1.94. The molecule has 2 heterocycles. The van der Waals surface area contributed by atoms with Gasteiger partial charge in [-0.3, -0.25) is 0 Å². The maximum absolute atomic E-state index is 6.08. The Hall–Kier alpha value is -0.461. The third-order valence-corrected chi connectivity index (χ3v) is 9.46. The van der Waals surface area contributed by atoms with Crippen molar-refractivity contribution in [3.63, 3.8) is 0 Å². The van der Waals surface area contributed by atoms with Crippen LogP contribution in [0.25, 0.3) is 0 Å². The van der Waals surface area contributed by atoms with E-state index in [-0.39, 0.29) is 12.4 Å². The van der Waals surface area contributed by atoms with Gasteiger partial charge in [-0.25, -0.2) is 0 Å². The number of ether oxygens (including phenoxy) is 4. The van der Waals surface area contributed by atoms with E-state index in [4.69, 9.17) is 18.9 Å². The molecule has 0 radical (unpaired) electrons. The summed E-state index contributed by atoms with van der Waals surface area (Å²) in [6.07, 6.45) is 1.18. The summed E-state index contributed by atoms with van der Waals surface area (Å²) in [6.45, 7) is 5.30. The van der Waals surface area contributed by atoms with Crippen LogP contribution in [-0.2, 0) is 15.9 Å². The van der Waals surface area contributed by atoms with Crippen molar-refractivity contribution >= 4 is 18.4 Å². The van der Waals surface area contributed by atoms with Crippen LogP contribution >= 0.6 is 0 Å². The molecule has 2 aliphatic heterocycles. The summed E-state index contributed by atoms with van der Waals surface area (Å²) in [5.74, 6) is 2.75. The van der Waals surface area contributed by atoms with E-state index in [0.29, 0.717) is 18.6 Å². The molecule has 3 rings (SSSR count). The van der Waals surface area contributed by atoms with Gasteiger partial charge in [0.2, 0.25) is 0 Å². The molecule has 1 saturated heterocycles. The maximum atomic E-state index is 6.08. The molecule has 0 bridgehead atoms. The Morgan fingerprint density at radius 3 is 2.62 bits per heavy atom. The van der Waals surface area contributed by atoms with E-state index in [9.17, 15) is 0 Å². The van der Waals surface area contributed by atoms with Crippen LogP contribution in [0.5, 0.6) is 11.5 Å². The van der Waals surface area contributed by atoms with Gasteiger partial charge in [0.05, 0.1) is 0 Å². The van der Waals surface area contributed by atoms with E-state index in [1.54, 1.807) is 0 Å². The van der Waals surface area contributed by atoms with Crippen LogP contribution in [0.1, 0.15) is 19.4 Å². The zero-order valence-electron chi connectivity index (χ0n) is 15.5. The third kappa shape index (κ3) is 4.58. The summed E-state index contributed by atoms with van der Waals surface area (Å²) in [7, 11) is 0. The molecule has 0 saturated carbocycles. The Kier molecular flexibility index (Phi) is 5.67. The van der Waals surface area contributed by atoms with Crippen LogP contribution < -0.4 is 9.47 Å². The second kappa shape index (κ2) is 7.42. The van der Waals surface area contributed by atoms with Crippen molar-refractivity contribution in [1.29, 1.82) is 0 Å². The van der Waals surface area contributed by atoms with E-state index in [2.05, 4.69) is 40.8 Å². The van der Waals surface area contributed by atoms with Crippen LogP contribution in [0.4, 0.5) is 0 Å². The SMILES string of the molecule is CC(C)O[C@@H]1OC[C@H](Cc2ccc3c(c2)OCO3)[C@H]1[CH2][Sn]([CH3])([CH3])[CH3]. The molecule has 1 aromatic rings. The molecular weight excluding hydrogens is 411 g/mol. The zero-order chi connectivity index (χ0) is 17.3. The van der Waals surface area contributed by atoms with Crippen molar-refractivity contribution < 1.29 is 18.9 Å². The van der Waals surface area contributed by atoms with Crippen LogP contribution in [0.15, 0.2) is 18.2 Å². The zero-order valence-corrected chi connectivity index (χ0v) is 18.4. The van der Waals surface area contributed by atoms with Crippen molar-refractivity contribution in [2.45, 2.75) is 51.9 Å². The molecule has 0 spiro atoms. The van der Waals surface area contributed by atoms with Gasteiger partial charge in [-0.05, 0) is 0 Å². The molecule has 0 amide bonds. The fourth-order valence-corrected chi connectivity index (χ4v) is 9.18. The molecule has 0 unspecified atom stereocenters. The van der Waals surface area contributed by atoms with Gasteiger partial charge in [-0.1, -0.05) is 0 Å². The Bertz CT molecular complexity index is 567. The quantitative estimate of drug-likeness (QED) is 0.617. The molecule has 1 aromatic carbocycles. The van der Waals surface area contributed by atoms with Gasteiger partial charge in [0.25, 0.3) is 0 Å². The molecule has 1 fully saturated rings. The van der Waals surface area contributed by atoms with E-state index < -0.39 is 18.4 Å². The van der Waals surface area contributed by atoms with Gasteiger partial charge in [0.1, 0.15) is 0 Å². The molecule has 24 heavy (non-hydrogen) atoms. The Labute approximate surface area is 149 Å². The summed E-state index contributed by atoms with van der Waals surface area (Å²) < 4.78 is 24.4. The molecule has 2 aliphatic rings. The van der Waals surface area contributed by atoms with E-state index in [0.717, 1.165) is 24.5 Å². The fourth-order valence-electron chi connectivity index (χ4n) is 3.65. The predicted octanol–water partition coefficient (Wildman–Crippen LogP) is 4.31. The Morgan fingerprint density at radius 2 is 1.92 bits per heavy atom. The minimum absolute atomic E-state index is 0.0417. The summed E-state index contributed by atoms with van der Waals surface area (Å²) in [6, 6.07) is 6.30. The summed E-state index contributed by atoms with van der Waals surface area (Å²) in [5, 5.41) is 0. The van der Waals surface area contributed by atoms with Crippen molar-refractivity contribution in [2.75, 3.05) is 13.4 Å². The molecule has 0 aromatic heterocycles. The first-order chi connectivity index (χ1) is 11.3. The van der Waals surface area contributed by atoms with Crippen LogP contribution in [-0.4, -0.2) is 44.2 Å². The second-order valence-corrected chi connectivity index (χ2v) is 24.2. The van der Waals surface area contributed by atoms with Gasteiger partial charge in [-0.2, -0.15) is 0 Å². The average Bonchev–Trinajstić information content (AvgIpc) is 3.06. The second-order valence-electron chi connectivity index (χ2n) is 8.47. The number of hydrogen-bond donors (Lipinski definition) is 0. The predicted molar refractivity (Wildman–Crippen MR) is 97.4 cm³/mol. The molecular formula is C19H30O4Sn. The monoisotopic (exact) mass is 442 g/mol. The number of rotatable bonds is 6. The molecule has 5 heteroatoms. The van der Waals surface area contributed by atoms with Gasteiger partial charge in [-0.15, -0.1) is 0 Å². The van der Waals surface area contributed by atoms with Crippen molar-refractivity contribution in [3.05, 3.63) is 23.8 Å². The normalized spacial score (nSPS) is 26.3. The molecule has 4 nitrogen and oxygen atoms in total. The van der Waals surface area contributed by atoms with Crippen LogP contribution in [0.2, 0.25) is 19.3 Å². The van der Waals surface area contributed by atoms with E-state index in [1.165, 1.54) is 10.0 Å². The molecule has 134 valence electrons. The van der Waals surface area contributed by atoms with Crippen molar-refractivity contribution in [1.82, 2.24) is 0 Å². The van der Waals surface area contributed by atoms with E-state index >= 15 is 0 Å². The third-order valence-electron chi connectivity index (χ3n) is 4.62. The molecule has 0 aliphatic carbocycles. The first-order valence-electron chi connectivity index (χ1n) is 8.97. The van der Waals surface area contributed by atoms with E-state index in [1.807, 2.05) is 6.07 Å². The number of benzene rings is 1. The Morgan fingerprint density at radius 1 is 1.17 bits per heavy atom. The fraction of sp³-hybridized carbons (Fsp3) is 0.684. The molecule has 0 N–H and O–H groups in total. The van der Waals surface area contributed by atoms with Crippen LogP contribution in [0.3, 0.4) is 0 Å². The summed E-state index contributed by atoms with van der Waals surface area (Å²) in [5.41, 5.74) is 1.30. The summed E-state index contributed by atoms with van der Waals surface area (Å²) in [4.78, 5) is 7.49. The van der Waals surface area contributed by atoms with Crippen molar-refractivity contribution in [2.24, 2.45) is 11.8 Å². The topological polar surface area (TPSA) is 36.9 Å². The minimum atomic E-state index is -1.94. The van der Waals surface area contributed by atoms with Gasteiger partial charge >= 0.3 is 150 Å². The number of fused-ring (bicyclic) bond motifs is 1.